The van der Waals surface area contributed by atoms with Gasteiger partial charge in [0.05, 0.1) is 5.56 Å². The van der Waals surface area contributed by atoms with Crippen molar-refractivity contribution < 1.29 is 4.79 Å². The van der Waals surface area contributed by atoms with Crippen LogP contribution >= 0.6 is 0 Å². The average Bonchev–Trinajstić information content (AvgIpc) is 3.04. The average molecular weight is 435 g/mol. The van der Waals surface area contributed by atoms with Crippen molar-refractivity contribution in [3.8, 4) is 0 Å². The third-order valence-electron chi connectivity index (χ3n) is 7.16. The zero-order chi connectivity index (χ0) is 23.0. The van der Waals surface area contributed by atoms with Crippen LogP contribution in [0.2, 0.25) is 0 Å². The number of para-hydroxylation sites is 1. The minimum absolute atomic E-state index is 0.132. The number of piperidine rings is 1. The summed E-state index contributed by atoms with van der Waals surface area (Å²) in [5, 5.41) is 3.98. The number of carbonyl (C=O) groups excluding carboxylic acids is 1. The van der Waals surface area contributed by atoms with Crippen molar-refractivity contribution in [2.45, 2.75) is 53.1 Å². The second kappa shape index (κ2) is 8.94. The van der Waals surface area contributed by atoms with Crippen LogP contribution in [0.4, 0.5) is 0 Å². The molecule has 1 aliphatic heterocycles. The molecule has 0 unspecified atom stereocenters. The molecular formula is C26H34N4O2. The van der Waals surface area contributed by atoms with Crippen molar-refractivity contribution in [2.24, 2.45) is 5.92 Å². The monoisotopic (exact) mass is 434 g/mol. The lowest BCUT2D eigenvalue weighted by molar-refractivity contribution is 0.0951. The normalized spacial score (nSPS) is 16.4. The number of H-pyrrole nitrogens is 1. The molecule has 6 heteroatoms. The van der Waals surface area contributed by atoms with Crippen molar-refractivity contribution >= 4 is 16.8 Å². The minimum Gasteiger partial charge on any atom is -0.348 e. The molecule has 0 radical (unpaired) electrons. The number of likely N-dealkylation sites (tertiary alicyclic amines) is 1. The minimum atomic E-state index is -0.141. The van der Waals surface area contributed by atoms with E-state index in [9.17, 15) is 9.59 Å². The Morgan fingerprint density at radius 1 is 1.19 bits per heavy atom. The van der Waals surface area contributed by atoms with Gasteiger partial charge in [-0.05, 0) is 84.3 Å². The van der Waals surface area contributed by atoms with Crippen molar-refractivity contribution in [3.63, 3.8) is 0 Å². The van der Waals surface area contributed by atoms with Crippen LogP contribution in [-0.2, 0) is 6.54 Å². The van der Waals surface area contributed by atoms with E-state index in [2.05, 4.69) is 39.8 Å². The molecule has 1 fully saturated rings. The highest BCUT2D eigenvalue weighted by Crippen LogP contribution is 2.35. The molecule has 0 saturated carbocycles. The maximum Gasteiger partial charge on any atom is 0.254 e. The highest BCUT2D eigenvalue weighted by atomic mass is 16.2. The van der Waals surface area contributed by atoms with Gasteiger partial charge in [-0.25, -0.2) is 0 Å². The molecule has 32 heavy (non-hydrogen) atoms. The van der Waals surface area contributed by atoms with Crippen LogP contribution in [0.3, 0.4) is 0 Å². The number of carbonyl (C=O) groups is 1. The van der Waals surface area contributed by atoms with Crippen LogP contribution in [0.15, 0.2) is 35.1 Å². The summed E-state index contributed by atoms with van der Waals surface area (Å²) in [4.78, 5) is 30.9. The van der Waals surface area contributed by atoms with E-state index in [0.29, 0.717) is 23.1 Å². The number of fused-ring (bicyclic) bond motifs is 1. The van der Waals surface area contributed by atoms with Gasteiger partial charge in [0.2, 0.25) is 0 Å². The first-order valence-electron chi connectivity index (χ1n) is 11.5. The predicted octanol–water partition coefficient (Wildman–Crippen LogP) is 4.09. The molecule has 1 saturated heterocycles. The quantitative estimate of drug-likeness (QED) is 0.636. The molecule has 0 aliphatic carbocycles. The van der Waals surface area contributed by atoms with E-state index < -0.39 is 0 Å². The van der Waals surface area contributed by atoms with E-state index >= 15 is 0 Å². The molecule has 0 bridgehead atoms. The fraction of sp³-hybridized carbons (Fsp3) is 0.462. The number of benzene rings is 1. The summed E-state index contributed by atoms with van der Waals surface area (Å²) in [6.45, 7) is 10.5. The molecule has 1 aliphatic rings. The maximum atomic E-state index is 13.4. The number of nitrogens with one attached hydrogen (secondary N) is 2. The van der Waals surface area contributed by atoms with Gasteiger partial charge < -0.3 is 19.8 Å². The smallest absolute Gasteiger partial charge is 0.254 e. The van der Waals surface area contributed by atoms with Crippen molar-refractivity contribution in [3.05, 3.63) is 68.8 Å². The van der Waals surface area contributed by atoms with Gasteiger partial charge >= 0.3 is 0 Å². The fourth-order valence-electron chi connectivity index (χ4n) is 5.28. The van der Waals surface area contributed by atoms with Gasteiger partial charge in [0.1, 0.15) is 0 Å². The Balaban J connectivity index is 1.65. The second-order valence-electron chi connectivity index (χ2n) is 9.35. The lowest BCUT2D eigenvalue weighted by Gasteiger charge is -2.34. The van der Waals surface area contributed by atoms with Crippen LogP contribution in [-0.4, -0.2) is 40.5 Å². The molecule has 0 spiro atoms. The lowest BCUT2D eigenvalue weighted by Crippen LogP contribution is -2.33. The summed E-state index contributed by atoms with van der Waals surface area (Å²) in [7, 11) is 2.18. The molecule has 3 aromatic rings. The van der Waals surface area contributed by atoms with E-state index in [1.54, 1.807) is 0 Å². The summed E-state index contributed by atoms with van der Waals surface area (Å²) >= 11 is 0. The lowest BCUT2D eigenvalue weighted by atomic mass is 9.90. The number of aryl methyl sites for hydroxylation is 2. The first-order valence-corrected chi connectivity index (χ1v) is 11.5. The molecule has 4 rings (SSSR count). The predicted molar refractivity (Wildman–Crippen MR) is 129 cm³/mol. The Morgan fingerprint density at radius 2 is 1.88 bits per heavy atom. The number of aromatic nitrogens is 2. The standard InChI is InChI=1S/C26H34N4O2/c1-16-14-17(2)28-25(31)22(16)15-27-26(32)24-19(4)30(23-9-7-6-8-21(23)24)18(3)20-10-12-29(5)13-11-20/h6-9,14,18,20H,10-13,15H2,1-5H3,(H,27,32)(H,28,31)/t18-/m1/s1. The van der Waals surface area contributed by atoms with Gasteiger partial charge in [-0.15, -0.1) is 0 Å². The third kappa shape index (κ3) is 4.11. The maximum absolute atomic E-state index is 13.4. The molecule has 6 nitrogen and oxygen atoms in total. The molecule has 3 heterocycles. The van der Waals surface area contributed by atoms with Crippen molar-refractivity contribution in [1.29, 1.82) is 0 Å². The van der Waals surface area contributed by atoms with E-state index in [-0.39, 0.29) is 18.0 Å². The number of hydrogen-bond acceptors (Lipinski definition) is 3. The number of hydrogen-bond donors (Lipinski definition) is 2. The molecule has 1 amide bonds. The summed E-state index contributed by atoms with van der Waals surface area (Å²) in [5.74, 6) is 0.456. The summed E-state index contributed by atoms with van der Waals surface area (Å²) < 4.78 is 2.35. The third-order valence-corrected chi connectivity index (χ3v) is 7.16. The highest BCUT2D eigenvalue weighted by molar-refractivity contribution is 6.08. The molecule has 170 valence electrons. The first-order chi connectivity index (χ1) is 15.3. The van der Waals surface area contributed by atoms with Gasteiger partial charge in [-0.2, -0.15) is 0 Å². The van der Waals surface area contributed by atoms with Crippen LogP contribution in [0.25, 0.3) is 10.9 Å². The van der Waals surface area contributed by atoms with Crippen LogP contribution < -0.4 is 10.9 Å². The number of amides is 1. The summed E-state index contributed by atoms with van der Waals surface area (Å²) in [5.41, 5.74) is 4.98. The van der Waals surface area contributed by atoms with Crippen LogP contribution in [0.5, 0.6) is 0 Å². The Kier molecular flexibility index (Phi) is 6.24. The fourth-order valence-corrected chi connectivity index (χ4v) is 5.28. The van der Waals surface area contributed by atoms with Crippen molar-refractivity contribution in [2.75, 3.05) is 20.1 Å². The van der Waals surface area contributed by atoms with E-state index in [1.807, 2.05) is 45.0 Å². The number of aromatic amines is 1. The Labute approximate surface area is 189 Å². The molecule has 2 aromatic heterocycles. The number of rotatable bonds is 5. The van der Waals surface area contributed by atoms with Gasteiger partial charge in [0.15, 0.2) is 0 Å². The Morgan fingerprint density at radius 3 is 2.56 bits per heavy atom. The molecule has 2 N–H and O–H groups in total. The zero-order valence-corrected chi connectivity index (χ0v) is 19.8. The van der Waals surface area contributed by atoms with Crippen molar-refractivity contribution in [1.82, 2.24) is 19.8 Å². The second-order valence-corrected chi connectivity index (χ2v) is 9.35. The van der Waals surface area contributed by atoms with Crippen LogP contribution in [0.1, 0.15) is 58.7 Å². The summed E-state index contributed by atoms with van der Waals surface area (Å²) in [6, 6.07) is 10.4. The zero-order valence-electron chi connectivity index (χ0n) is 19.8. The largest absolute Gasteiger partial charge is 0.348 e. The summed E-state index contributed by atoms with van der Waals surface area (Å²) in [6.07, 6.45) is 2.33. The first kappa shape index (κ1) is 22.3. The van der Waals surface area contributed by atoms with E-state index in [4.69, 9.17) is 0 Å². The Hall–Kier alpha value is -2.86. The molecular weight excluding hydrogens is 400 g/mol. The van der Waals surface area contributed by atoms with Gasteiger partial charge in [-0.1, -0.05) is 18.2 Å². The number of nitrogens with zero attached hydrogens (tertiary/aromatic N) is 2. The van der Waals surface area contributed by atoms with Crippen LogP contribution in [0, 0.1) is 26.7 Å². The highest BCUT2D eigenvalue weighted by Gasteiger charge is 2.28. The van der Waals surface area contributed by atoms with Gasteiger partial charge in [0.25, 0.3) is 11.5 Å². The Bertz CT molecular complexity index is 1200. The number of pyridine rings is 1. The molecule has 1 atom stereocenters. The molecule has 1 aromatic carbocycles. The van der Waals surface area contributed by atoms with Gasteiger partial charge in [-0.3, -0.25) is 9.59 Å². The van der Waals surface area contributed by atoms with Gasteiger partial charge in [0, 0.05) is 40.4 Å². The van der Waals surface area contributed by atoms with E-state index in [1.165, 1.54) is 12.8 Å². The van der Waals surface area contributed by atoms with E-state index in [0.717, 1.165) is 40.9 Å². The SMILES string of the molecule is Cc1cc(C)c(CNC(=O)c2c(C)n([C@H](C)C3CCN(C)CC3)c3ccccc23)c(=O)[nH]1. The topological polar surface area (TPSA) is 70.1 Å².